The molecule has 10 heteroatoms. The molecule has 2 heterocycles. The Hall–Kier alpha value is -3.04. The molecule has 0 amide bonds. The molecule has 2 aromatic heterocycles. The third-order valence-electron chi connectivity index (χ3n) is 3.91. The van der Waals surface area contributed by atoms with Gasteiger partial charge < -0.3 is 10.2 Å². The van der Waals surface area contributed by atoms with Crippen LogP contribution in [0.2, 0.25) is 0 Å². The summed E-state index contributed by atoms with van der Waals surface area (Å²) in [4.78, 5) is 47.6. The van der Waals surface area contributed by atoms with Crippen LogP contribution in [0, 0.1) is 0 Å². The maximum absolute atomic E-state index is 12.2. The zero-order valence-corrected chi connectivity index (χ0v) is 14.0. The van der Waals surface area contributed by atoms with Crippen LogP contribution in [0.5, 0.6) is 11.8 Å². The zero-order valence-electron chi connectivity index (χ0n) is 14.0. The van der Waals surface area contributed by atoms with E-state index in [0.29, 0.717) is 0 Å². The molecule has 0 saturated carbocycles. The lowest BCUT2D eigenvalue weighted by molar-refractivity contribution is 0.361. The molecule has 0 aromatic carbocycles. The fraction of sp³-hybridized carbons (Fsp3) is 0.467. The maximum Gasteiger partial charge on any atom is 0.333 e. The minimum absolute atomic E-state index is 0.0298. The van der Waals surface area contributed by atoms with E-state index in [2.05, 4.69) is 0 Å². The van der Waals surface area contributed by atoms with E-state index < -0.39 is 34.3 Å². The molecule has 2 N–H and O–H groups in total. The minimum atomic E-state index is -0.650. The quantitative estimate of drug-likeness (QED) is 0.677. The van der Waals surface area contributed by atoms with Gasteiger partial charge in [-0.05, 0) is 20.3 Å². The van der Waals surface area contributed by atoms with Crippen LogP contribution >= 0.6 is 0 Å². The highest BCUT2D eigenvalue weighted by Gasteiger charge is 2.12. The number of nitrogens with zero attached hydrogens (tertiary/aromatic N) is 4. The molecule has 25 heavy (non-hydrogen) atoms. The molecule has 2 aromatic rings. The van der Waals surface area contributed by atoms with E-state index >= 15 is 0 Å². The average Bonchev–Trinajstić information content (AvgIpc) is 2.53. The molecule has 0 unspecified atom stereocenters. The second kappa shape index (κ2) is 7.24. The summed E-state index contributed by atoms with van der Waals surface area (Å²) in [6.07, 6.45) is 0.213. The van der Waals surface area contributed by atoms with Crippen LogP contribution in [0.25, 0.3) is 0 Å². The highest BCUT2D eigenvalue weighted by atomic mass is 16.3. The Morgan fingerprint density at radius 1 is 0.720 bits per heavy atom. The van der Waals surface area contributed by atoms with E-state index in [4.69, 9.17) is 0 Å². The molecule has 136 valence electrons. The van der Waals surface area contributed by atoms with Crippen LogP contribution < -0.4 is 22.5 Å². The predicted molar refractivity (Wildman–Crippen MR) is 89.2 cm³/mol. The van der Waals surface area contributed by atoms with Crippen LogP contribution in [-0.4, -0.2) is 28.5 Å². The van der Waals surface area contributed by atoms with Gasteiger partial charge in [0.1, 0.15) is 0 Å². The van der Waals surface area contributed by atoms with Crippen molar-refractivity contribution in [3.63, 3.8) is 0 Å². The summed E-state index contributed by atoms with van der Waals surface area (Å²) in [5.41, 5.74) is -2.49. The number of rotatable bonds is 6. The van der Waals surface area contributed by atoms with Gasteiger partial charge >= 0.3 is 11.4 Å². The topological polar surface area (TPSA) is 128 Å². The van der Waals surface area contributed by atoms with Crippen LogP contribution in [-0.2, 0) is 26.2 Å². The van der Waals surface area contributed by atoms with Gasteiger partial charge in [-0.2, -0.15) is 0 Å². The first-order valence-corrected chi connectivity index (χ1v) is 7.89. The Bertz CT molecular complexity index is 929. The van der Waals surface area contributed by atoms with Crippen LogP contribution in [0.4, 0.5) is 0 Å². The predicted octanol–water partition coefficient (Wildman–Crippen LogP) is -1.13. The molecule has 0 atom stereocenters. The van der Waals surface area contributed by atoms with E-state index in [-0.39, 0.29) is 32.6 Å². The summed E-state index contributed by atoms with van der Waals surface area (Å²) in [5.74, 6) is -0.926. The molecule has 2 rings (SSSR count). The molecule has 0 bridgehead atoms. The van der Waals surface area contributed by atoms with Crippen molar-refractivity contribution in [2.75, 3.05) is 0 Å². The third kappa shape index (κ3) is 3.42. The Morgan fingerprint density at radius 3 is 1.40 bits per heavy atom. The van der Waals surface area contributed by atoms with Crippen molar-refractivity contribution in [3.05, 3.63) is 53.8 Å². The van der Waals surface area contributed by atoms with Crippen molar-refractivity contribution < 1.29 is 10.2 Å². The van der Waals surface area contributed by atoms with Gasteiger partial charge in [-0.15, -0.1) is 0 Å². The summed E-state index contributed by atoms with van der Waals surface area (Å²) in [6.45, 7) is 3.66. The van der Waals surface area contributed by atoms with Gasteiger partial charge in [-0.1, -0.05) is 0 Å². The Morgan fingerprint density at radius 2 is 1.08 bits per heavy atom. The van der Waals surface area contributed by atoms with Gasteiger partial charge in [0.25, 0.3) is 11.1 Å². The minimum Gasteiger partial charge on any atom is -0.494 e. The first-order chi connectivity index (χ1) is 11.8. The summed E-state index contributed by atoms with van der Waals surface area (Å²) in [5, 5.41) is 19.6. The van der Waals surface area contributed by atoms with Crippen molar-refractivity contribution in [2.45, 2.75) is 46.4 Å². The maximum atomic E-state index is 12.2. The summed E-state index contributed by atoms with van der Waals surface area (Å²) >= 11 is 0. The van der Waals surface area contributed by atoms with E-state index in [1.165, 1.54) is 0 Å². The van der Waals surface area contributed by atoms with E-state index in [0.717, 1.165) is 30.4 Å². The highest BCUT2D eigenvalue weighted by molar-refractivity contribution is 5.08. The van der Waals surface area contributed by atoms with Crippen LogP contribution in [0.1, 0.15) is 20.3 Å². The SMILES string of the molecule is CCn1c(=O)cc(O)n(CCCn2c(O)cc(=O)n(CC)c2=O)c1=O. The highest BCUT2D eigenvalue weighted by Crippen LogP contribution is 2.06. The van der Waals surface area contributed by atoms with Crippen LogP contribution in [0.15, 0.2) is 31.3 Å². The molecular formula is C15H20N4O6. The first-order valence-electron chi connectivity index (χ1n) is 7.89. The zero-order chi connectivity index (χ0) is 18.7. The molecule has 0 aliphatic heterocycles. The molecule has 0 saturated heterocycles. The molecule has 0 radical (unpaired) electrons. The van der Waals surface area contributed by atoms with E-state index in [1.54, 1.807) is 13.8 Å². The lowest BCUT2D eigenvalue weighted by Gasteiger charge is -2.13. The number of hydrogen-bond donors (Lipinski definition) is 2. The van der Waals surface area contributed by atoms with E-state index in [9.17, 15) is 29.4 Å². The number of hydrogen-bond acceptors (Lipinski definition) is 6. The monoisotopic (exact) mass is 352 g/mol. The molecular weight excluding hydrogens is 332 g/mol. The molecule has 0 spiro atoms. The largest absolute Gasteiger partial charge is 0.494 e. The smallest absolute Gasteiger partial charge is 0.333 e. The van der Waals surface area contributed by atoms with Gasteiger partial charge in [-0.25, -0.2) is 9.59 Å². The lowest BCUT2D eigenvalue weighted by Crippen LogP contribution is -2.40. The van der Waals surface area contributed by atoms with Crippen molar-refractivity contribution >= 4 is 0 Å². The standard InChI is InChI=1S/C15H20N4O6/c1-3-16-10(20)8-12(22)18(14(16)24)6-5-7-19-13(23)9-11(21)17(4-2)15(19)25/h8-9,22-23H,3-7H2,1-2H3. The third-order valence-corrected chi connectivity index (χ3v) is 3.91. The number of aromatic hydroxyl groups is 2. The van der Waals surface area contributed by atoms with Crippen molar-refractivity contribution in [1.29, 1.82) is 0 Å². The second-order valence-corrected chi connectivity index (χ2v) is 5.39. The van der Waals surface area contributed by atoms with Gasteiger partial charge in [0.15, 0.2) is 0 Å². The average molecular weight is 352 g/mol. The fourth-order valence-electron chi connectivity index (χ4n) is 2.60. The van der Waals surface area contributed by atoms with Crippen molar-refractivity contribution in [3.8, 4) is 11.8 Å². The first kappa shape index (κ1) is 18.3. The van der Waals surface area contributed by atoms with Crippen molar-refractivity contribution in [2.24, 2.45) is 0 Å². The summed E-state index contributed by atoms with van der Waals surface area (Å²) in [7, 11) is 0. The molecule has 0 aliphatic rings. The fourth-order valence-corrected chi connectivity index (χ4v) is 2.60. The van der Waals surface area contributed by atoms with Gasteiger partial charge in [0, 0.05) is 26.2 Å². The second-order valence-electron chi connectivity index (χ2n) is 5.39. The number of aromatic nitrogens is 4. The summed E-state index contributed by atoms with van der Waals surface area (Å²) < 4.78 is 3.98. The molecule has 0 aliphatic carbocycles. The van der Waals surface area contributed by atoms with Gasteiger partial charge in [0.05, 0.1) is 12.1 Å². The Balaban J connectivity index is 2.29. The Labute approximate surface area is 141 Å². The van der Waals surface area contributed by atoms with E-state index in [1.807, 2.05) is 0 Å². The van der Waals surface area contributed by atoms with Gasteiger partial charge in [-0.3, -0.25) is 27.9 Å². The normalized spacial score (nSPS) is 11.0. The molecule has 0 fully saturated rings. The lowest BCUT2D eigenvalue weighted by atomic mass is 10.4. The molecule has 10 nitrogen and oxygen atoms in total. The summed E-state index contributed by atoms with van der Waals surface area (Å²) in [6, 6.07) is 1.90. The van der Waals surface area contributed by atoms with Gasteiger partial charge in [0.2, 0.25) is 11.8 Å². The van der Waals surface area contributed by atoms with Crippen LogP contribution in [0.3, 0.4) is 0 Å². The Kier molecular flexibility index (Phi) is 5.30. The van der Waals surface area contributed by atoms with Crippen molar-refractivity contribution in [1.82, 2.24) is 18.3 Å².